The summed E-state index contributed by atoms with van der Waals surface area (Å²) in [4.78, 5) is 0. The van der Waals surface area contributed by atoms with Gasteiger partial charge in [-0.25, -0.2) is 0 Å². The van der Waals surface area contributed by atoms with E-state index >= 15 is 0 Å². The van der Waals surface area contributed by atoms with Crippen molar-refractivity contribution < 1.29 is 27.9 Å². The second-order valence-electron chi connectivity index (χ2n) is 3.27. The van der Waals surface area contributed by atoms with E-state index < -0.39 is 0 Å². The molecule has 0 spiro atoms. The number of allylic oxidation sites excluding steroid dienone is 2. The van der Waals surface area contributed by atoms with E-state index in [1.165, 1.54) is 55.9 Å². The fraction of sp³-hybridized carbons (Fsp3) is 0.800. The Labute approximate surface area is 90.0 Å². The summed E-state index contributed by atoms with van der Waals surface area (Å²) in [5, 5.41) is 0. The van der Waals surface area contributed by atoms with Crippen LogP contribution >= 0.6 is 0 Å². The second-order valence-corrected chi connectivity index (χ2v) is 3.91. The Balaban J connectivity index is 0.00000121. The molecule has 0 bridgehead atoms. The monoisotopic (exact) mass is 230 g/mol. The van der Waals surface area contributed by atoms with E-state index in [9.17, 15) is 0 Å². The molecule has 0 radical (unpaired) electrons. The van der Waals surface area contributed by atoms with Gasteiger partial charge >= 0.3 is 77.5 Å². The van der Waals surface area contributed by atoms with Crippen molar-refractivity contribution in [3.63, 3.8) is 0 Å². The van der Waals surface area contributed by atoms with Crippen LogP contribution in [0.4, 0.5) is 0 Å². The molecule has 0 aromatic carbocycles. The van der Waals surface area contributed by atoms with Crippen molar-refractivity contribution in [2.24, 2.45) is 0 Å². The van der Waals surface area contributed by atoms with Gasteiger partial charge in [0.05, 0.1) is 0 Å². The Morgan fingerprint density at radius 1 is 0.917 bits per heavy atom. The molecule has 1 rings (SSSR count). The maximum atomic E-state index is 4.91. The van der Waals surface area contributed by atoms with Gasteiger partial charge in [-0.2, -0.15) is 0 Å². The van der Waals surface area contributed by atoms with Crippen LogP contribution in [0.5, 0.6) is 0 Å². The van der Waals surface area contributed by atoms with Crippen molar-refractivity contribution in [2.75, 3.05) is 0 Å². The molecule has 74 valence electrons. The third-order valence-electron chi connectivity index (χ3n) is 2.21. The summed E-state index contributed by atoms with van der Waals surface area (Å²) in [5.41, 5.74) is 0. The van der Waals surface area contributed by atoms with Gasteiger partial charge in [0.2, 0.25) is 0 Å². The first-order chi connectivity index (χ1) is 5.39. The number of halogens is 1. The van der Waals surface area contributed by atoms with Gasteiger partial charge in [0.25, 0.3) is 0 Å². The molecule has 0 amide bonds. The Bertz CT molecular complexity index is 132. The zero-order valence-corrected chi connectivity index (χ0v) is 9.17. The van der Waals surface area contributed by atoms with Crippen LogP contribution in [0, 0.1) is 0 Å². The van der Waals surface area contributed by atoms with Crippen LogP contribution < -0.4 is 12.4 Å². The quantitative estimate of drug-likeness (QED) is 0.534. The zero-order valence-electron chi connectivity index (χ0n) is 7.43. The molecule has 0 aromatic heterocycles. The molecule has 2 heteroatoms. The van der Waals surface area contributed by atoms with Crippen molar-refractivity contribution in [1.82, 2.24) is 0 Å². The zero-order chi connectivity index (χ0) is 7.94. The first kappa shape index (κ1) is 12.5. The van der Waals surface area contributed by atoms with Crippen LogP contribution in [0.15, 0.2) is 10.6 Å². The van der Waals surface area contributed by atoms with E-state index in [1.807, 2.05) is 0 Å². The summed E-state index contributed by atoms with van der Waals surface area (Å²) in [7, 11) is 0. The van der Waals surface area contributed by atoms with Gasteiger partial charge < -0.3 is 12.4 Å². The van der Waals surface area contributed by atoms with Crippen molar-refractivity contribution in [3.05, 3.63) is 10.6 Å². The van der Waals surface area contributed by atoms with Gasteiger partial charge in [-0.1, -0.05) is 0 Å². The normalized spacial score (nSPS) is 25.0. The predicted octanol–water partition coefficient (Wildman–Crippen LogP) is 0.555. The summed E-state index contributed by atoms with van der Waals surface area (Å²) in [6, 6.07) is 0. The fourth-order valence-electron chi connectivity index (χ4n) is 1.49. The molecule has 12 heavy (non-hydrogen) atoms. The van der Waals surface area contributed by atoms with Crippen LogP contribution in [0.1, 0.15) is 51.4 Å². The molecule has 0 nitrogen and oxygen atoms in total. The first-order valence-electron chi connectivity index (χ1n) is 4.71. The van der Waals surface area contributed by atoms with E-state index in [0.29, 0.717) is 0 Å². The predicted molar refractivity (Wildman–Crippen MR) is 45.0 cm³/mol. The molecular formula is C10H17ClNi. The average molecular weight is 231 g/mol. The van der Waals surface area contributed by atoms with Crippen LogP contribution in [0.25, 0.3) is 0 Å². The number of hydrogen-bond acceptors (Lipinski definition) is 0. The Kier molecular flexibility index (Phi) is 8.49. The third-order valence-corrected chi connectivity index (χ3v) is 2.66. The number of hydrogen-bond donors (Lipinski definition) is 0. The Hall–Kier alpha value is 0.524. The molecule has 0 N–H and O–H groups in total. The summed E-state index contributed by atoms with van der Waals surface area (Å²) in [6.45, 7) is 0. The van der Waals surface area contributed by atoms with Crippen molar-refractivity contribution >= 4 is 0 Å². The minimum absolute atomic E-state index is 0. The van der Waals surface area contributed by atoms with Crippen molar-refractivity contribution in [3.8, 4) is 0 Å². The van der Waals surface area contributed by atoms with Gasteiger partial charge in [-0.05, 0) is 0 Å². The molecule has 1 aliphatic carbocycles. The SMILES string of the molecule is [Cl-].[Ni+]/[C]1=C/CCCCCCCC1. The number of rotatable bonds is 0. The van der Waals surface area contributed by atoms with E-state index in [-0.39, 0.29) is 12.4 Å². The van der Waals surface area contributed by atoms with Crippen molar-refractivity contribution in [2.45, 2.75) is 51.4 Å². The average Bonchev–Trinajstić information content (AvgIpc) is 2.03. The summed E-state index contributed by atoms with van der Waals surface area (Å²) >= 11 is 4.91. The summed E-state index contributed by atoms with van der Waals surface area (Å²) < 4.78 is 1.24. The molecule has 0 unspecified atom stereocenters. The molecular weight excluding hydrogens is 214 g/mol. The van der Waals surface area contributed by atoms with Crippen molar-refractivity contribution in [1.29, 1.82) is 0 Å². The summed E-state index contributed by atoms with van der Waals surface area (Å²) in [5.74, 6) is 0. The molecule has 0 atom stereocenters. The molecule has 0 aromatic rings. The summed E-state index contributed by atoms with van der Waals surface area (Å²) in [6.07, 6.45) is 13.0. The second kappa shape index (κ2) is 8.14. The van der Waals surface area contributed by atoms with Crippen LogP contribution in [0.2, 0.25) is 0 Å². The van der Waals surface area contributed by atoms with Gasteiger partial charge in [0, 0.05) is 0 Å². The molecule has 0 fully saturated rings. The topological polar surface area (TPSA) is 0 Å². The molecule has 1 aliphatic rings. The molecule has 0 aliphatic heterocycles. The van der Waals surface area contributed by atoms with Crippen LogP contribution in [-0.2, 0) is 15.5 Å². The van der Waals surface area contributed by atoms with Gasteiger partial charge in [-0.3, -0.25) is 0 Å². The van der Waals surface area contributed by atoms with E-state index in [0.717, 1.165) is 0 Å². The molecule has 0 saturated carbocycles. The van der Waals surface area contributed by atoms with Gasteiger partial charge in [0.1, 0.15) is 0 Å². The van der Waals surface area contributed by atoms with E-state index in [4.69, 9.17) is 15.5 Å². The van der Waals surface area contributed by atoms with E-state index in [2.05, 4.69) is 6.08 Å². The third kappa shape index (κ3) is 6.09. The van der Waals surface area contributed by atoms with Gasteiger partial charge in [-0.15, -0.1) is 0 Å². The minimum atomic E-state index is 0. The van der Waals surface area contributed by atoms with Gasteiger partial charge in [0.15, 0.2) is 0 Å². The molecule has 0 saturated heterocycles. The first-order valence-corrected chi connectivity index (χ1v) is 5.20. The fourth-order valence-corrected chi connectivity index (χ4v) is 1.80. The van der Waals surface area contributed by atoms with E-state index in [1.54, 1.807) is 0 Å². The Morgan fingerprint density at radius 3 is 2.25 bits per heavy atom. The maximum absolute atomic E-state index is 4.91. The Morgan fingerprint density at radius 2 is 1.50 bits per heavy atom. The van der Waals surface area contributed by atoms with Crippen LogP contribution in [-0.4, -0.2) is 0 Å². The standard InChI is InChI=1S/C10H17.ClH.Ni/c1-2-4-6-8-10-9-7-5-3-1;;/h1H,2,4-10H2;1H;/q;;+1/p-1. The molecule has 0 heterocycles. The van der Waals surface area contributed by atoms with Crippen LogP contribution in [0.3, 0.4) is 0 Å².